The van der Waals surface area contributed by atoms with Crippen molar-refractivity contribution in [3.63, 3.8) is 0 Å². The molecule has 3 nitrogen and oxygen atoms in total. The minimum absolute atomic E-state index is 0.256. The summed E-state index contributed by atoms with van der Waals surface area (Å²) in [6.07, 6.45) is 2.49. The monoisotopic (exact) mass is 174 g/mol. The van der Waals surface area contributed by atoms with Crippen LogP contribution in [0.15, 0.2) is 12.2 Å². The first-order valence-electron chi connectivity index (χ1n) is 3.17. The van der Waals surface area contributed by atoms with Gasteiger partial charge in [0.15, 0.2) is 0 Å². The number of hydrogen-bond donors (Lipinski definition) is 2. The number of carbonyl (C=O) groups is 1. The molecule has 0 rings (SSSR count). The highest BCUT2D eigenvalue weighted by molar-refractivity contribution is 7.78. The lowest BCUT2D eigenvalue weighted by Gasteiger charge is -1.98. The summed E-state index contributed by atoms with van der Waals surface area (Å²) in [6.45, 7) is 0. The average molecular weight is 174 g/mol. The molecule has 0 spiro atoms. The van der Waals surface area contributed by atoms with Crippen LogP contribution in [0.5, 0.6) is 0 Å². The molecule has 1 unspecified atom stereocenters. The molecule has 62 valence electrons. The van der Waals surface area contributed by atoms with Crippen LogP contribution in [0.25, 0.3) is 0 Å². The van der Waals surface area contributed by atoms with Crippen LogP contribution >= 0.6 is 12.2 Å². The molecule has 0 saturated carbocycles. The predicted molar refractivity (Wildman–Crippen MR) is 45.7 cm³/mol. The Morgan fingerprint density at radius 2 is 2.27 bits per heavy atom. The standard InChI is InChI=1S/C7H10O3S/c8-6(5-7(9)10)3-1-2-4-11/h1,3-4,6,8H,2,5H2,(H,9,10). The molecule has 0 aliphatic heterocycles. The Morgan fingerprint density at radius 1 is 1.64 bits per heavy atom. The molecule has 0 aliphatic carbocycles. The van der Waals surface area contributed by atoms with E-state index >= 15 is 0 Å². The summed E-state index contributed by atoms with van der Waals surface area (Å²) in [4.78, 5) is 10.0. The van der Waals surface area contributed by atoms with E-state index in [1.165, 1.54) is 11.4 Å². The Balaban J connectivity index is 3.58. The van der Waals surface area contributed by atoms with Crippen LogP contribution in [0.3, 0.4) is 0 Å². The number of aliphatic carboxylic acids is 1. The first-order valence-corrected chi connectivity index (χ1v) is 3.64. The van der Waals surface area contributed by atoms with Crippen molar-refractivity contribution in [1.82, 2.24) is 0 Å². The molecular weight excluding hydrogens is 164 g/mol. The van der Waals surface area contributed by atoms with E-state index < -0.39 is 12.1 Å². The van der Waals surface area contributed by atoms with Crippen molar-refractivity contribution in [2.45, 2.75) is 18.9 Å². The third-order valence-electron chi connectivity index (χ3n) is 0.974. The molecule has 0 aromatic rings. The highest BCUT2D eigenvalue weighted by Gasteiger charge is 2.03. The third kappa shape index (κ3) is 7.15. The molecular formula is C7H10O3S. The number of rotatable bonds is 5. The summed E-state index contributed by atoms with van der Waals surface area (Å²) >= 11 is 4.52. The van der Waals surface area contributed by atoms with Crippen molar-refractivity contribution in [3.8, 4) is 0 Å². The maximum Gasteiger partial charge on any atom is 0.306 e. The predicted octanol–water partition coefficient (Wildman–Crippen LogP) is 0.768. The molecule has 0 bridgehead atoms. The maximum absolute atomic E-state index is 10.0. The topological polar surface area (TPSA) is 57.5 Å². The molecule has 0 saturated heterocycles. The third-order valence-corrected chi connectivity index (χ3v) is 1.17. The van der Waals surface area contributed by atoms with E-state index in [1.807, 2.05) is 0 Å². The van der Waals surface area contributed by atoms with Gasteiger partial charge in [0.05, 0.1) is 12.5 Å². The van der Waals surface area contributed by atoms with Crippen LogP contribution < -0.4 is 0 Å². The largest absolute Gasteiger partial charge is 0.481 e. The highest BCUT2D eigenvalue weighted by Crippen LogP contribution is 1.94. The van der Waals surface area contributed by atoms with E-state index in [0.29, 0.717) is 6.42 Å². The molecule has 0 amide bonds. The van der Waals surface area contributed by atoms with Crippen molar-refractivity contribution in [2.24, 2.45) is 0 Å². The van der Waals surface area contributed by atoms with Gasteiger partial charge in [-0.15, -0.1) is 0 Å². The molecule has 0 fully saturated rings. The summed E-state index contributed by atoms with van der Waals surface area (Å²) in [5, 5.41) is 18.7. The van der Waals surface area contributed by atoms with Crippen LogP contribution in [0.4, 0.5) is 0 Å². The Kier molecular flexibility index (Phi) is 5.60. The van der Waals surface area contributed by atoms with E-state index in [0.717, 1.165) is 0 Å². The molecule has 0 aliphatic rings. The van der Waals surface area contributed by atoms with Gasteiger partial charge in [0.25, 0.3) is 0 Å². The van der Waals surface area contributed by atoms with E-state index in [2.05, 4.69) is 12.2 Å². The minimum Gasteiger partial charge on any atom is -0.481 e. The maximum atomic E-state index is 10.0. The number of aliphatic hydroxyl groups is 1. The number of aliphatic hydroxyl groups excluding tert-OH is 1. The van der Waals surface area contributed by atoms with Crippen LogP contribution in [-0.4, -0.2) is 27.7 Å². The van der Waals surface area contributed by atoms with Crippen molar-refractivity contribution >= 4 is 23.6 Å². The van der Waals surface area contributed by atoms with Gasteiger partial charge in [0.1, 0.15) is 0 Å². The number of carboxylic acid groups (broad SMARTS) is 1. The summed E-state index contributed by atoms with van der Waals surface area (Å²) in [7, 11) is 0. The molecule has 11 heavy (non-hydrogen) atoms. The van der Waals surface area contributed by atoms with Crippen LogP contribution in [-0.2, 0) is 4.79 Å². The molecule has 0 aromatic carbocycles. The Bertz CT molecular complexity index is 165. The number of carboxylic acids is 1. The lowest BCUT2D eigenvalue weighted by molar-refractivity contribution is -0.138. The molecule has 0 heterocycles. The molecule has 2 N–H and O–H groups in total. The average Bonchev–Trinajstić information content (AvgIpc) is 1.86. The molecule has 4 heteroatoms. The Morgan fingerprint density at radius 3 is 2.73 bits per heavy atom. The highest BCUT2D eigenvalue weighted by atomic mass is 32.1. The summed E-state index contributed by atoms with van der Waals surface area (Å²) in [5.41, 5.74) is 0. The number of allylic oxidation sites excluding steroid dienone is 1. The van der Waals surface area contributed by atoms with Gasteiger partial charge in [-0.25, -0.2) is 0 Å². The van der Waals surface area contributed by atoms with Gasteiger partial charge in [-0.05, 0) is 11.8 Å². The number of thiocarbonyl (C=S) groups is 1. The van der Waals surface area contributed by atoms with Crippen molar-refractivity contribution in [3.05, 3.63) is 12.2 Å². The smallest absolute Gasteiger partial charge is 0.306 e. The zero-order chi connectivity index (χ0) is 8.69. The van der Waals surface area contributed by atoms with Crippen molar-refractivity contribution in [2.75, 3.05) is 0 Å². The van der Waals surface area contributed by atoms with Gasteiger partial charge in [0.2, 0.25) is 0 Å². The first kappa shape index (κ1) is 10.3. The van der Waals surface area contributed by atoms with Crippen molar-refractivity contribution in [1.29, 1.82) is 0 Å². The normalized spacial score (nSPS) is 13.2. The summed E-state index contributed by atoms with van der Waals surface area (Å²) in [6, 6.07) is 0. The van der Waals surface area contributed by atoms with Crippen LogP contribution in [0.1, 0.15) is 12.8 Å². The summed E-state index contributed by atoms with van der Waals surface area (Å²) < 4.78 is 0. The fourth-order valence-electron chi connectivity index (χ4n) is 0.538. The van der Waals surface area contributed by atoms with E-state index in [9.17, 15) is 4.79 Å². The lowest BCUT2D eigenvalue weighted by atomic mass is 10.2. The fourth-order valence-corrected chi connectivity index (χ4v) is 0.649. The second kappa shape index (κ2) is 6.00. The van der Waals surface area contributed by atoms with Gasteiger partial charge >= 0.3 is 5.97 Å². The zero-order valence-electron chi connectivity index (χ0n) is 5.93. The fraction of sp³-hybridized carbons (Fsp3) is 0.429. The quantitative estimate of drug-likeness (QED) is 0.477. The Labute approximate surface area is 70.3 Å². The minimum atomic E-state index is -1.01. The van der Waals surface area contributed by atoms with E-state index in [-0.39, 0.29) is 6.42 Å². The van der Waals surface area contributed by atoms with Gasteiger partial charge in [-0.1, -0.05) is 24.4 Å². The van der Waals surface area contributed by atoms with E-state index in [1.54, 1.807) is 6.08 Å². The van der Waals surface area contributed by atoms with Crippen LogP contribution in [0.2, 0.25) is 0 Å². The van der Waals surface area contributed by atoms with E-state index in [4.69, 9.17) is 10.2 Å². The second-order valence-corrected chi connectivity index (χ2v) is 2.33. The lowest BCUT2D eigenvalue weighted by Crippen LogP contribution is -2.09. The molecule has 0 aromatic heterocycles. The second-order valence-electron chi connectivity index (χ2n) is 2.00. The first-order chi connectivity index (χ1) is 5.16. The van der Waals surface area contributed by atoms with Gasteiger partial charge < -0.3 is 10.2 Å². The van der Waals surface area contributed by atoms with Gasteiger partial charge in [-0.2, -0.15) is 0 Å². The van der Waals surface area contributed by atoms with Crippen molar-refractivity contribution < 1.29 is 15.0 Å². The Hall–Kier alpha value is -0.740. The van der Waals surface area contributed by atoms with Crippen LogP contribution in [0, 0.1) is 0 Å². The molecule has 1 atom stereocenters. The summed E-state index contributed by atoms with van der Waals surface area (Å²) in [5.74, 6) is -1.01. The molecule has 0 radical (unpaired) electrons. The van der Waals surface area contributed by atoms with Gasteiger partial charge in [-0.3, -0.25) is 4.79 Å². The number of hydrogen-bond acceptors (Lipinski definition) is 3. The zero-order valence-corrected chi connectivity index (χ0v) is 6.75. The van der Waals surface area contributed by atoms with Gasteiger partial charge in [0, 0.05) is 0 Å². The SMILES string of the molecule is O=C(O)CC(O)C=CCC=S.